The maximum atomic E-state index is 13.0. The van der Waals surface area contributed by atoms with Gasteiger partial charge in [-0.05, 0) is 38.9 Å². The summed E-state index contributed by atoms with van der Waals surface area (Å²) in [5.41, 5.74) is 0.453. The highest BCUT2D eigenvalue weighted by Crippen LogP contribution is 2.39. The van der Waals surface area contributed by atoms with Crippen LogP contribution in [0.3, 0.4) is 0 Å². The molecule has 0 bridgehead atoms. The van der Waals surface area contributed by atoms with Gasteiger partial charge in [0.1, 0.15) is 5.82 Å². The molecule has 2 rings (SSSR count). The van der Waals surface area contributed by atoms with Crippen molar-refractivity contribution in [2.45, 2.75) is 57.0 Å². The second-order valence-electron chi connectivity index (χ2n) is 6.04. The molecule has 1 heterocycles. The molecule has 0 spiro atoms. The fraction of sp³-hybridized carbons (Fsp3) is 0.625. The third-order valence-corrected chi connectivity index (χ3v) is 4.77. The largest absolute Gasteiger partial charge is 0.481 e. The van der Waals surface area contributed by atoms with E-state index in [4.69, 9.17) is 0 Å². The van der Waals surface area contributed by atoms with Crippen molar-refractivity contribution in [3.63, 3.8) is 0 Å². The molecule has 1 aromatic rings. The van der Waals surface area contributed by atoms with E-state index >= 15 is 0 Å². The van der Waals surface area contributed by atoms with Crippen LogP contribution in [0.15, 0.2) is 18.3 Å². The number of carboxylic acids is 1. The second-order valence-corrected chi connectivity index (χ2v) is 6.04. The summed E-state index contributed by atoms with van der Waals surface area (Å²) >= 11 is 0. The van der Waals surface area contributed by atoms with Crippen molar-refractivity contribution in [3.05, 3.63) is 29.8 Å². The van der Waals surface area contributed by atoms with Gasteiger partial charge < -0.3 is 5.11 Å². The summed E-state index contributed by atoms with van der Waals surface area (Å²) in [6.07, 6.45) is 6.42. The summed E-state index contributed by atoms with van der Waals surface area (Å²) in [7, 11) is 1.96. The average molecular weight is 294 g/mol. The Hall–Kier alpha value is -1.49. The van der Waals surface area contributed by atoms with Gasteiger partial charge in [0.2, 0.25) is 0 Å². The molecule has 0 radical (unpaired) electrons. The minimum Gasteiger partial charge on any atom is -0.481 e. The maximum Gasteiger partial charge on any atom is 0.305 e. The topological polar surface area (TPSA) is 53.4 Å². The third kappa shape index (κ3) is 3.59. The van der Waals surface area contributed by atoms with Crippen LogP contribution in [0.2, 0.25) is 0 Å². The van der Waals surface area contributed by atoms with Crippen molar-refractivity contribution in [2.24, 2.45) is 0 Å². The van der Waals surface area contributed by atoms with Crippen LogP contribution in [0.4, 0.5) is 4.39 Å². The molecule has 1 aliphatic carbocycles. The van der Waals surface area contributed by atoms with Crippen LogP contribution in [0.25, 0.3) is 0 Å². The van der Waals surface area contributed by atoms with Crippen LogP contribution < -0.4 is 0 Å². The van der Waals surface area contributed by atoms with Crippen LogP contribution in [0, 0.1) is 5.82 Å². The summed E-state index contributed by atoms with van der Waals surface area (Å²) < 4.78 is 13.0. The lowest BCUT2D eigenvalue weighted by atomic mass is 9.77. The van der Waals surface area contributed by atoms with Gasteiger partial charge in [-0.15, -0.1) is 0 Å². The van der Waals surface area contributed by atoms with Gasteiger partial charge in [0.25, 0.3) is 0 Å². The lowest BCUT2D eigenvalue weighted by molar-refractivity contribution is -0.141. The first-order valence-electron chi connectivity index (χ1n) is 7.51. The Morgan fingerprint density at radius 1 is 1.43 bits per heavy atom. The summed E-state index contributed by atoms with van der Waals surface area (Å²) in [4.78, 5) is 17.6. The van der Waals surface area contributed by atoms with Crippen LogP contribution in [0.5, 0.6) is 0 Å². The molecule has 1 saturated carbocycles. The van der Waals surface area contributed by atoms with Gasteiger partial charge >= 0.3 is 5.97 Å². The quantitative estimate of drug-likeness (QED) is 0.904. The van der Waals surface area contributed by atoms with E-state index < -0.39 is 5.97 Å². The Bertz CT molecular complexity index is 484. The van der Waals surface area contributed by atoms with E-state index in [1.165, 1.54) is 18.7 Å². The van der Waals surface area contributed by atoms with Crippen molar-refractivity contribution >= 4 is 5.97 Å². The molecule has 116 valence electrons. The van der Waals surface area contributed by atoms with Gasteiger partial charge in [-0.3, -0.25) is 14.7 Å². The van der Waals surface area contributed by atoms with Gasteiger partial charge in [-0.25, -0.2) is 4.39 Å². The highest BCUT2D eigenvalue weighted by atomic mass is 19.1. The molecule has 1 aromatic heterocycles. The number of halogens is 1. The van der Waals surface area contributed by atoms with E-state index in [2.05, 4.69) is 9.88 Å². The number of carboxylic acid groups (broad SMARTS) is 1. The zero-order chi connectivity index (χ0) is 15.5. The Morgan fingerprint density at radius 2 is 2.10 bits per heavy atom. The highest BCUT2D eigenvalue weighted by molar-refractivity contribution is 5.68. The first kappa shape index (κ1) is 15.9. The van der Waals surface area contributed by atoms with E-state index in [1.54, 1.807) is 6.07 Å². The lowest BCUT2D eigenvalue weighted by Gasteiger charge is -2.46. The Labute approximate surface area is 125 Å². The van der Waals surface area contributed by atoms with Crippen molar-refractivity contribution < 1.29 is 14.3 Å². The predicted octanol–water partition coefficient (Wildman–Crippen LogP) is 3.39. The highest BCUT2D eigenvalue weighted by Gasteiger charge is 2.40. The zero-order valence-corrected chi connectivity index (χ0v) is 12.7. The molecular formula is C16H23FN2O2. The number of hydrogen-bond acceptors (Lipinski definition) is 3. The number of aromatic nitrogens is 1. The van der Waals surface area contributed by atoms with E-state index in [1.807, 2.05) is 14.0 Å². The molecule has 1 N–H and O–H groups in total. The fourth-order valence-corrected chi connectivity index (χ4v) is 3.39. The summed E-state index contributed by atoms with van der Waals surface area (Å²) in [6.45, 7) is 2.00. The number of carbonyl (C=O) groups is 1. The van der Waals surface area contributed by atoms with E-state index in [0.29, 0.717) is 0 Å². The average Bonchev–Trinajstić information content (AvgIpc) is 2.47. The Balaban J connectivity index is 2.22. The first-order valence-corrected chi connectivity index (χ1v) is 7.51. The Kier molecular flexibility index (Phi) is 4.93. The molecule has 1 atom stereocenters. The smallest absolute Gasteiger partial charge is 0.305 e. The number of aliphatic carboxylic acids is 1. The summed E-state index contributed by atoms with van der Waals surface area (Å²) in [5, 5.41) is 9.28. The maximum absolute atomic E-state index is 13.0. The summed E-state index contributed by atoms with van der Waals surface area (Å²) in [5.74, 6) is -1.12. The van der Waals surface area contributed by atoms with Gasteiger partial charge in [0.05, 0.1) is 18.3 Å². The van der Waals surface area contributed by atoms with Crippen LogP contribution >= 0.6 is 0 Å². The number of pyridine rings is 1. The Morgan fingerprint density at radius 3 is 2.62 bits per heavy atom. The molecule has 1 fully saturated rings. The van der Waals surface area contributed by atoms with Crippen molar-refractivity contribution in [2.75, 3.05) is 7.05 Å². The monoisotopic (exact) mass is 294 g/mol. The molecule has 1 aliphatic rings. The predicted molar refractivity (Wildman–Crippen MR) is 78.4 cm³/mol. The molecule has 0 aliphatic heterocycles. The number of nitrogens with zero attached hydrogens (tertiary/aromatic N) is 2. The minimum atomic E-state index is -0.761. The third-order valence-electron chi connectivity index (χ3n) is 4.77. The van der Waals surface area contributed by atoms with Crippen molar-refractivity contribution in [3.8, 4) is 0 Å². The minimum absolute atomic E-state index is 0.0388. The molecule has 21 heavy (non-hydrogen) atoms. The van der Waals surface area contributed by atoms with Crippen molar-refractivity contribution in [1.82, 2.24) is 9.88 Å². The van der Waals surface area contributed by atoms with Crippen LogP contribution in [-0.4, -0.2) is 33.5 Å². The molecule has 0 saturated heterocycles. The normalized spacial score (nSPS) is 19.4. The van der Waals surface area contributed by atoms with E-state index in [9.17, 15) is 14.3 Å². The molecule has 4 nitrogen and oxygen atoms in total. The van der Waals surface area contributed by atoms with E-state index in [-0.39, 0.29) is 23.8 Å². The molecular weight excluding hydrogens is 271 g/mol. The van der Waals surface area contributed by atoms with Crippen LogP contribution in [0.1, 0.15) is 57.2 Å². The molecule has 0 amide bonds. The number of hydrogen-bond donors (Lipinski definition) is 1. The van der Waals surface area contributed by atoms with Gasteiger partial charge in [0.15, 0.2) is 0 Å². The standard InChI is InChI=1S/C16H23FN2O2/c1-12(14-7-6-13(17)11-18-14)19(2)16(10-15(20)21)8-4-3-5-9-16/h6-7,11-12H,3-5,8-10H2,1-2H3,(H,20,21). The van der Waals surface area contributed by atoms with Gasteiger partial charge in [-0.2, -0.15) is 0 Å². The first-order chi connectivity index (χ1) is 9.94. The SMILES string of the molecule is CC(c1ccc(F)cn1)N(C)C1(CC(=O)O)CCCCC1. The van der Waals surface area contributed by atoms with Gasteiger partial charge in [-0.1, -0.05) is 19.3 Å². The second kappa shape index (κ2) is 6.52. The summed E-state index contributed by atoms with van der Waals surface area (Å²) in [6, 6.07) is 3.04. The molecule has 5 heteroatoms. The lowest BCUT2D eigenvalue weighted by Crippen LogP contribution is -2.50. The number of rotatable bonds is 5. The van der Waals surface area contributed by atoms with Crippen molar-refractivity contribution in [1.29, 1.82) is 0 Å². The zero-order valence-electron chi connectivity index (χ0n) is 12.7. The van der Waals surface area contributed by atoms with E-state index in [0.717, 1.165) is 31.4 Å². The molecule has 1 unspecified atom stereocenters. The molecule has 0 aromatic carbocycles. The van der Waals surface area contributed by atoms with Gasteiger partial charge in [0, 0.05) is 11.6 Å². The van der Waals surface area contributed by atoms with Crippen LogP contribution in [-0.2, 0) is 4.79 Å². The fourth-order valence-electron chi connectivity index (χ4n) is 3.39.